The molecular weight excluding hydrogens is 214 g/mol. The van der Waals surface area contributed by atoms with Gasteiger partial charge in [-0.25, -0.2) is 4.98 Å². The summed E-state index contributed by atoms with van der Waals surface area (Å²) in [5.41, 5.74) is 0.783. The first-order valence-electron chi connectivity index (χ1n) is 4.77. The zero-order valence-electron chi connectivity index (χ0n) is 9.27. The Balaban J connectivity index is 2.76. The highest BCUT2D eigenvalue weighted by atomic mass is 35.5. The van der Waals surface area contributed by atoms with E-state index in [1.165, 1.54) is 0 Å². The van der Waals surface area contributed by atoms with Crippen LogP contribution in [0.4, 0.5) is 5.82 Å². The Morgan fingerprint density at radius 1 is 1.53 bits per heavy atom. The van der Waals surface area contributed by atoms with Gasteiger partial charge in [0.15, 0.2) is 0 Å². The summed E-state index contributed by atoms with van der Waals surface area (Å²) in [5, 5.41) is 0. The standard InChI is InChI=1S/C10H16ClN3O/c1-8(7-15-3)14(2)10-6-12-5-9(4-11)13-10/h5-6,8H,4,7H2,1-3H3. The predicted octanol–water partition coefficient (Wildman–Crippen LogP) is 1.69. The first-order chi connectivity index (χ1) is 7.19. The Kier molecular flexibility index (Phi) is 4.78. The molecule has 84 valence electrons. The second kappa shape index (κ2) is 5.88. The summed E-state index contributed by atoms with van der Waals surface area (Å²) >= 11 is 5.70. The molecule has 1 unspecified atom stereocenters. The fourth-order valence-corrected chi connectivity index (χ4v) is 1.34. The zero-order chi connectivity index (χ0) is 11.3. The summed E-state index contributed by atoms with van der Waals surface area (Å²) in [6, 6.07) is 0.259. The van der Waals surface area contributed by atoms with Crippen LogP contribution in [0, 0.1) is 0 Å². The van der Waals surface area contributed by atoms with Crippen molar-refractivity contribution < 1.29 is 4.74 Å². The Morgan fingerprint density at radius 2 is 2.27 bits per heavy atom. The van der Waals surface area contributed by atoms with Gasteiger partial charge < -0.3 is 9.64 Å². The van der Waals surface area contributed by atoms with E-state index >= 15 is 0 Å². The van der Waals surface area contributed by atoms with Crippen LogP contribution in [0.2, 0.25) is 0 Å². The van der Waals surface area contributed by atoms with E-state index < -0.39 is 0 Å². The molecule has 5 heteroatoms. The van der Waals surface area contributed by atoms with E-state index in [9.17, 15) is 0 Å². The molecule has 0 amide bonds. The minimum atomic E-state index is 0.259. The molecule has 0 saturated heterocycles. The average molecular weight is 230 g/mol. The van der Waals surface area contributed by atoms with E-state index in [-0.39, 0.29) is 6.04 Å². The number of alkyl halides is 1. The Bertz CT molecular complexity index is 308. The molecule has 15 heavy (non-hydrogen) atoms. The summed E-state index contributed by atoms with van der Waals surface area (Å²) in [6.07, 6.45) is 3.40. The monoisotopic (exact) mass is 229 g/mol. The average Bonchev–Trinajstić information content (AvgIpc) is 2.28. The van der Waals surface area contributed by atoms with Crippen LogP contribution in [0.25, 0.3) is 0 Å². The second-order valence-corrected chi connectivity index (χ2v) is 3.68. The molecule has 0 N–H and O–H groups in total. The smallest absolute Gasteiger partial charge is 0.147 e. The Morgan fingerprint density at radius 3 is 2.87 bits per heavy atom. The number of ether oxygens (including phenoxy) is 1. The Hall–Kier alpha value is -0.870. The predicted molar refractivity (Wildman–Crippen MR) is 61.3 cm³/mol. The number of hydrogen-bond donors (Lipinski definition) is 0. The molecule has 0 aliphatic rings. The molecule has 0 fully saturated rings. The largest absolute Gasteiger partial charge is 0.383 e. The molecule has 1 heterocycles. The van der Waals surface area contributed by atoms with Gasteiger partial charge in [0.2, 0.25) is 0 Å². The fourth-order valence-electron chi connectivity index (χ4n) is 1.21. The number of nitrogens with zero attached hydrogens (tertiary/aromatic N) is 3. The van der Waals surface area contributed by atoms with Gasteiger partial charge in [-0.05, 0) is 6.92 Å². The Labute approximate surface area is 95.2 Å². The van der Waals surface area contributed by atoms with Crippen molar-refractivity contribution in [2.24, 2.45) is 0 Å². The number of rotatable bonds is 5. The van der Waals surface area contributed by atoms with Crippen molar-refractivity contribution in [3.05, 3.63) is 18.1 Å². The maximum Gasteiger partial charge on any atom is 0.147 e. The molecule has 1 aromatic heterocycles. The minimum Gasteiger partial charge on any atom is -0.383 e. The van der Waals surface area contributed by atoms with Crippen LogP contribution >= 0.6 is 11.6 Å². The third-order valence-corrected chi connectivity index (χ3v) is 2.51. The molecular formula is C10H16ClN3O. The quantitative estimate of drug-likeness (QED) is 0.721. The fraction of sp³-hybridized carbons (Fsp3) is 0.600. The highest BCUT2D eigenvalue weighted by Crippen LogP contribution is 2.12. The van der Waals surface area contributed by atoms with E-state index in [4.69, 9.17) is 16.3 Å². The summed E-state index contributed by atoms with van der Waals surface area (Å²) in [4.78, 5) is 10.5. The molecule has 4 nitrogen and oxygen atoms in total. The van der Waals surface area contributed by atoms with Crippen molar-refractivity contribution in [1.82, 2.24) is 9.97 Å². The molecule has 1 rings (SSSR count). The highest BCUT2D eigenvalue weighted by molar-refractivity contribution is 6.16. The van der Waals surface area contributed by atoms with E-state index in [0.29, 0.717) is 12.5 Å². The van der Waals surface area contributed by atoms with Crippen molar-refractivity contribution >= 4 is 17.4 Å². The molecule has 0 radical (unpaired) electrons. The van der Waals surface area contributed by atoms with E-state index in [1.807, 2.05) is 11.9 Å². The van der Waals surface area contributed by atoms with Crippen molar-refractivity contribution in [3.8, 4) is 0 Å². The van der Waals surface area contributed by atoms with Crippen LogP contribution in [-0.4, -0.2) is 36.8 Å². The lowest BCUT2D eigenvalue weighted by atomic mass is 10.3. The second-order valence-electron chi connectivity index (χ2n) is 3.42. The number of likely N-dealkylation sites (N-methyl/N-ethyl adjacent to an activating group) is 1. The van der Waals surface area contributed by atoms with Gasteiger partial charge in [0.1, 0.15) is 5.82 Å². The first kappa shape index (κ1) is 12.2. The lowest BCUT2D eigenvalue weighted by Gasteiger charge is -2.25. The van der Waals surface area contributed by atoms with Gasteiger partial charge in [-0.1, -0.05) is 0 Å². The normalized spacial score (nSPS) is 12.5. The zero-order valence-corrected chi connectivity index (χ0v) is 10.0. The van der Waals surface area contributed by atoms with Crippen molar-refractivity contribution in [2.75, 3.05) is 25.7 Å². The maximum absolute atomic E-state index is 5.70. The van der Waals surface area contributed by atoms with Crippen LogP contribution in [0.3, 0.4) is 0 Å². The third-order valence-electron chi connectivity index (χ3n) is 2.24. The molecule has 0 saturated carbocycles. The van der Waals surface area contributed by atoms with E-state index in [2.05, 4.69) is 16.9 Å². The summed E-state index contributed by atoms with van der Waals surface area (Å²) < 4.78 is 5.09. The van der Waals surface area contributed by atoms with Gasteiger partial charge in [-0.2, -0.15) is 0 Å². The van der Waals surface area contributed by atoms with Crippen molar-refractivity contribution in [2.45, 2.75) is 18.8 Å². The first-order valence-corrected chi connectivity index (χ1v) is 5.31. The number of halogens is 1. The number of methoxy groups -OCH3 is 1. The van der Waals surface area contributed by atoms with Crippen LogP contribution in [-0.2, 0) is 10.6 Å². The maximum atomic E-state index is 5.70. The van der Waals surface area contributed by atoms with Gasteiger partial charge in [0.25, 0.3) is 0 Å². The topological polar surface area (TPSA) is 38.2 Å². The summed E-state index contributed by atoms with van der Waals surface area (Å²) in [6.45, 7) is 2.72. The van der Waals surface area contributed by atoms with Crippen molar-refractivity contribution in [3.63, 3.8) is 0 Å². The SMILES string of the molecule is COCC(C)N(C)c1cncc(CCl)n1. The molecule has 0 aliphatic carbocycles. The highest BCUT2D eigenvalue weighted by Gasteiger charge is 2.11. The van der Waals surface area contributed by atoms with Crippen LogP contribution in [0.5, 0.6) is 0 Å². The molecule has 0 bridgehead atoms. The molecule has 0 aromatic carbocycles. The summed E-state index contributed by atoms with van der Waals surface area (Å²) in [7, 11) is 3.65. The number of anilines is 1. The van der Waals surface area contributed by atoms with E-state index in [0.717, 1.165) is 11.5 Å². The van der Waals surface area contributed by atoms with Gasteiger partial charge in [-0.3, -0.25) is 4.98 Å². The molecule has 1 atom stereocenters. The third kappa shape index (κ3) is 3.32. The van der Waals surface area contributed by atoms with Crippen LogP contribution in [0.15, 0.2) is 12.4 Å². The molecule has 0 aliphatic heterocycles. The van der Waals surface area contributed by atoms with E-state index in [1.54, 1.807) is 19.5 Å². The van der Waals surface area contributed by atoms with Gasteiger partial charge in [0, 0.05) is 20.4 Å². The molecule has 1 aromatic rings. The molecule has 0 spiro atoms. The van der Waals surface area contributed by atoms with Crippen LogP contribution in [0.1, 0.15) is 12.6 Å². The van der Waals surface area contributed by atoms with Gasteiger partial charge >= 0.3 is 0 Å². The van der Waals surface area contributed by atoms with Crippen LogP contribution < -0.4 is 4.90 Å². The number of aromatic nitrogens is 2. The summed E-state index contributed by atoms with van der Waals surface area (Å²) in [5.74, 6) is 1.20. The lowest BCUT2D eigenvalue weighted by molar-refractivity contribution is 0.183. The van der Waals surface area contributed by atoms with Gasteiger partial charge in [-0.15, -0.1) is 11.6 Å². The lowest BCUT2D eigenvalue weighted by Crippen LogP contribution is -2.33. The number of hydrogen-bond acceptors (Lipinski definition) is 4. The van der Waals surface area contributed by atoms with Gasteiger partial charge in [0.05, 0.1) is 30.4 Å². The van der Waals surface area contributed by atoms with Crippen molar-refractivity contribution in [1.29, 1.82) is 0 Å². The minimum absolute atomic E-state index is 0.259.